The Hall–Kier alpha value is -3.64. The van der Waals surface area contributed by atoms with Crippen molar-refractivity contribution in [3.63, 3.8) is 0 Å². The van der Waals surface area contributed by atoms with Crippen molar-refractivity contribution in [2.45, 2.75) is 56.8 Å². The van der Waals surface area contributed by atoms with E-state index in [1.54, 1.807) is 24.3 Å². The number of para-hydroxylation sites is 1. The topological polar surface area (TPSA) is 81.7 Å². The number of hydrogen-bond donors (Lipinski definition) is 3. The maximum atomic E-state index is 14.2. The van der Waals surface area contributed by atoms with Gasteiger partial charge in [0.15, 0.2) is 0 Å². The molecule has 2 aliphatic heterocycles. The zero-order valence-corrected chi connectivity index (χ0v) is 21.6. The predicted molar refractivity (Wildman–Crippen MR) is 147 cm³/mol. The van der Waals surface area contributed by atoms with Crippen molar-refractivity contribution in [1.29, 1.82) is 0 Å². The van der Waals surface area contributed by atoms with Gasteiger partial charge in [0.1, 0.15) is 0 Å². The molecule has 2 heterocycles. The Morgan fingerprint density at radius 1 is 0.895 bits per heavy atom. The van der Waals surface area contributed by atoms with Crippen molar-refractivity contribution in [3.8, 4) is 0 Å². The lowest BCUT2D eigenvalue weighted by molar-refractivity contribution is -0.138. The maximum absolute atomic E-state index is 14.2. The lowest BCUT2D eigenvalue weighted by Gasteiger charge is -2.42. The van der Waals surface area contributed by atoms with Crippen molar-refractivity contribution in [2.75, 3.05) is 11.9 Å². The van der Waals surface area contributed by atoms with Crippen molar-refractivity contribution < 1.29 is 14.7 Å². The molecule has 3 aliphatic rings. The zero-order chi connectivity index (χ0) is 26.1. The normalized spacial score (nSPS) is 26.1. The van der Waals surface area contributed by atoms with Crippen LogP contribution in [0.2, 0.25) is 0 Å². The molecule has 38 heavy (non-hydrogen) atoms. The lowest BCUT2D eigenvalue weighted by atomic mass is 9.79. The molecule has 0 spiro atoms. The molecule has 2 fully saturated rings. The number of amides is 2. The second-order valence-corrected chi connectivity index (χ2v) is 10.9. The zero-order valence-electron chi connectivity index (χ0n) is 21.6. The van der Waals surface area contributed by atoms with Gasteiger partial charge in [-0.25, -0.2) is 0 Å². The highest BCUT2D eigenvalue weighted by molar-refractivity contribution is 5.95. The van der Waals surface area contributed by atoms with Gasteiger partial charge < -0.3 is 20.6 Å². The fraction of sp³-hybridized carbons (Fsp3) is 0.375. The van der Waals surface area contributed by atoms with Crippen molar-refractivity contribution >= 4 is 17.5 Å². The number of anilines is 1. The molecule has 5 atom stereocenters. The summed E-state index contributed by atoms with van der Waals surface area (Å²) in [7, 11) is 0. The van der Waals surface area contributed by atoms with Crippen LogP contribution in [0.1, 0.15) is 71.2 Å². The number of aliphatic hydroxyl groups is 1. The first-order valence-electron chi connectivity index (χ1n) is 13.9. The van der Waals surface area contributed by atoms with E-state index in [1.165, 1.54) is 11.1 Å². The minimum absolute atomic E-state index is 0.0226. The van der Waals surface area contributed by atoms with Crippen molar-refractivity contribution in [1.82, 2.24) is 10.2 Å². The number of carbonyl (C=O) groups excluding carboxylic acids is 2. The van der Waals surface area contributed by atoms with Crippen LogP contribution in [-0.4, -0.2) is 34.4 Å². The van der Waals surface area contributed by atoms with Crippen LogP contribution in [0.5, 0.6) is 0 Å². The van der Waals surface area contributed by atoms with E-state index < -0.39 is 0 Å². The molecule has 6 heteroatoms. The number of benzene rings is 3. The molecule has 1 aliphatic carbocycles. The molecule has 1 saturated heterocycles. The van der Waals surface area contributed by atoms with E-state index in [1.807, 2.05) is 6.07 Å². The van der Waals surface area contributed by atoms with E-state index in [0.29, 0.717) is 5.56 Å². The number of carbonyl (C=O) groups is 2. The molecule has 6 nitrogen and oxygen atoms in total. The molecule has 3 aromatic carbocycles. The Balaban J connectivity index is 1.25. The molecule has 0 bridgehead atoms. The summed E-state index contributed by atoms with van der Waals surface area (Å²) in [5.74, 6) is 0.0785. The van der Waals surface area contributed by atoms with Crippen LogP contribution in [0.4, 0.5) is 5.69 Å². The highest BCUT2D eigenvalue weighted by Crippen LogP contribution is 2.51. The lowest BCUT2D eigenvalue weighted by Crippen LogP contribution is -2.50. The summed E-state index contributed by atoms with van der Waals surface area (Å²) in [6.07, 6.45) is 4.55. The summed E-state index contributed by atoms with van der Waals surface area (Å²) in [6.45, 7) is 0.677. The van der Waals surface area contributed by atoms with Crippen LogP contribution >= 0.6 is 0 Å². The molecular formula is C32H35N3O3. The van der Waals surface area contributed by atoms with Gasteiger partial charge in [0.2, 0.25) is 5.91 Å². The molecule has 0 radical (unpaired) electrons. The van der Waals surface area contributed by atoms with E-state index in [-0.39, 0.29) is 48.4 Å². The maximum Gasteiger partial charge on any atom is 0.251 e. The number of nitrogens with zero attached hydrogens (tertiary/aromatic N) is 1. The predicted octanol–water partition coefficient (Wildman–Crippen LogP) is 5.22. The number of hydrogen-bond acceptors (Lipinski definition) is 4. The largest absolute Gasteiger partial charge is 0.392 e. The van der Waals surface area contributed by atoms with Crippen molar-refractivity contribution in [2.24, 2.45) is 11.8 Å². The van der Waals surface area contributed by atoms with Crippen LogP contribution < -0.4 is 10.6 Å². The third-order valence-corrected chi connectivity index (χ3v) is 8.70. The Morgan fingerprint density at radius 2 is 1.63 bits per heavy atom. The fourth-order valence-corrected chi connectivity index (χ4v) is 6.79. The molecule has 3 N–H and O–H groups in total. The Bertz CT molecular complexity index is 1290. The Morgan fingerprint density at radius 3 is 2.42 bits per heavy atom. The van der Waals surface area contributed by atoms with Crippen LogP contribution in [0.3, 0.4) is 0 Å². The van der Waals surface area contributed by atoms with Gasteiger partial charge >= 0.3 is 0 Å². The van der Waals surface area contributed by atoms with Crippen molar-refractivity contribution in [3.05, 3.63) is 101 Å². The monoisotopic (exact) mass is 509 g/mol. The van der Waals surface area contributed by atoms with Gasteiger partial charge in [0, 0.05) is 29.8 Å². The molecule has 0 unspecified atom stereocenters. The minimum atomic E-state index is -0.222. The molecule has 196 valence electrons. The average Bonchev–Trinajstić information content (AvgIpc) is 3.43. The molecule has 2 amide bonds. The number of fused-ring (bicyclic) bond motifs is 3. The standard InChI is InChI=1S/C32H35N3O3/c36-20-21-14-16-23(17-15-21)31(37)34-28-13-7-5-11-25(28)32(38)35-19-18-26-29(22-8-2-1-3-9-22)33-27-12-6-4-10-24(27)30(26)35/h1-4,6,8-10,12,14-17,25-26,28-30,33,36H,5,7,11,13,18-20H2,(H,34,37)/t25-,26+,28+,29-,30-/m0/s1. The summed E-state index contributed by atoms with van der Waals surface area (Å²) >= 11 is 0. The minimum Gasteiger partial charge on any atom is -0.392 e. The van der Waals surface area contributed by atoms with E-state index in [9.17, 15) is 14.7 Å². The second-order valence-electron chi connectivity index (χ2n) is 10.9. The summed E-state index contributed by atoms with van der Waals surface area (Å²) in [5, 5.41) is 16.3. The molecule has 3 aromatic rings. The summed E-state index contributed by atoms with van der Waals surface area (Å²) < 4.78 is 0. The highest BCUT2D eigenvalue weighted by atomic mass is 16.3. The number of nitrogens with one attached hydrogen (secondary N) is 2. The van der Waals surface area contributed by atoms with E-state index in [2.05, 4.69) is 64.1 Å². The smallest absolute Gasteiger partial charge is 0.251 e. The number of likely N-dealkylation sites (tertiary alicyclic amines) is 1. The highest BCUT2D eigenvalue weighted by Gasteiger charge is 2.48. The summed E-state index contributed by atoms with van der Waals surface area (Å²) in [5.41, 5.74) is 4.87. The van der Waals surface area contributed by atoms with E-state index in [0.717, 1.165) is 49.9 Å². The van der Waals surface area contributed by atoms with Gasteiger partial charge in [-0.2, -0.15) is 0 Å². The van der Waals surface area contributed by atoms with E-state index >= 15 is 0 Å². The average molecular weight is 510 g/mol. The summed E-state index contributed by atoms with van der Waals surface area (Å²) in [4.78, 5) is 29.4. The molecule has 0 aromatic heterocycles. The fourth-order valence-electron chi connectivity index (χ4n) is 6.79. The third kappa shape index (κ3) is 4.58. The second kappa shape index (κ2) is 10.6. The first kappa shape index (κ1) is 24.7. The SMILES string of the molecule is O=C(N[C@@H]1CCCC[C@@H]1C(=O)N1CC[C@@H]2[C@H](c3ccccc3)Nc3ccccc3[C@@H]21)c1ccc(CO)cc1. The summed E-state index contributed by atoms with van der Waals surface area (Å²) in [6, 6.07) is 25.9. The number of rotatable bonds is 5. The molecule has 1 saturated carbocycles. The van der Waals surface area contributed by atoms with Gasteiger partial charge in [0.25, 0.3) is 5.91 Å². The van der Waals surface area contributed by atoms with Crippen LogP contribution in [0, 0.1) is 11.8 Å². The van der Waals surface area contributed by atoms with E-state index in [4.69, 9.17) is 0 Å². The Kier molecular flexibility index (Phi) is 6.90. The van der Waals surface area contributed by atoms with Gasteiger partial charge in [-0.05, 0) is 54.2 Å². The van der Waals surface area contributed by atoms with Crippen LogP contribution in [-0.2, 0) is 11.4 Å². The first-order chi connectivity index (χ1) is 18.6. The quantitative estimate of drug-likeness (QED) is 0.440. The first-order valence-corrected chi connectivity index (χ1v) is 13.9. The van der Waals surface area contributed by atoms with Crippen LogP contribution in [0.25, 0.3) is 0 Å². The van der Waals surface area contributed by atoms with Gasteiger partial charge in [-0.3, -0.25) is 9.59 Å². The van der Waals surface area contributed by atoms with Crippen LogP contribution in [0.15, 0.2) is 78.9 Å². The third-order valence-electron chi connectivity index (χ3n) is 8.70. The van der Waals surface area contributed by atoms with Gasteiger partial charge in [-0.1, -0.05) is 73.5 Å². The van der Waals surface area contributed by atoms with Gasteiger partial charge in [0.05, 0.1) is 24.6 Å². The Labute approximate surface area is 224 Å². The molecule has 6 rings (SSSR count). The van der Waals surface area contributed by atoms with Gasteiger partial charge in [-0.15, -0.1) is 0 Å². The number of aliphatic hydroxyl groups excluding tert-OH is 1. The molecular weight excluding hydrogens is 474 g/mol.